The molecule has 4 rings (SSSR count). The van der Waals surface area contributed by atoms with E-state index in [2.05, 4.69) is 12.2 Å². The van der Waals surface area contributed by atoms with Crippen molar-refractivity contribution >= 4 is 46.1 Å². The van der Waals surface area contributed by atoms with Gasteiger partial charge in [-0.3, -0.25) is 9.59 Å². The van der Waals surface area contributed by atoms with E-state index in [-0.39, 0.29) is 17.5 Å². The molecule has 1 aliphatic heterocycles. The van der Waals surface area contributed by atoms with Crippen LogP contribution >= 0.6 is 11.6 Å². The van der Waals surface area contributed by atoms with Crippen LogP contribution in [0.2, 0.25) is 5.02 Å². The van der Waals surface area contributed by atoms with Gasteiger partial charge in [0.1, 0.15) is 5.70 Å². The lowest BCUT2D eigenvalue weighted by Crippen LogP contribution is -2.32. The van der Waals surface area contributed by atoms with Gasteiger partial charge < -0.3 is 10.2 Å². The summed E-state index contributed by atoms with van der Waals surface area (Å²) in [5.41, 5.74) is 4.64. The first-order valence-corrected chi connectivity index (χ1v) is 10.8. The Morgan fingerprint density at radius 3 is 2.03 bits per heavy atom. The van der Waals surface area contributed by atoms with E-state index in [1.54, 1.807) is 24.3 Å². The van der Waals surface area contributed by atoms with Crippen molar-refractivity contribution in [1.29, 1.82) is 0 Å². The highest BCUT2D eigenvalue weighted by molar-refractivity contribution is 6.46. The first-order chi connectivity index (χ1) is 15.4. The lowest BCUT2D eigenvalue weighted by atomic mass is 10.0. The molecule has 6 heteroatoms. The van der Waals surface area contributed by atoms with Crippen LogP contribution in [0.25, 0.3) is 5.57 Å². The van der Waals surface area contributed by atoms with Gasteiger partial charge in [0.2, 0.25) is 0 Å². The molecule has 0 fully saturated rings. The second-order valence-corrected chi connectivity index (χ2v) is 8.23. The molecule has 5 nitrogen and oxygen atoms in total. The van der Waals surface area contributed by atoms with E-state index >= 15 is 0 Å². The van der Waals surface area contributed by atoms with Gasteiger partial charge in [0.15, 0.2) is 0 Å². The van der Waals surface area contributed by atoms with Gasteiger partial charge in [-0.2, -0.15) is 0 Å². The summed E-state index contributed by atoms with van der Waals surface area (Å²) in [6.45, 7) is 2.06. The zero-order chi connectivity index (χ0) is 22.8. The van der Waals surface area contributed by atoms with Gasteiger partial charge in [-0.05, 0) is 66.1 Å². The Morgan fingerprint density at radius 2 is 1.47 bits per heavy atom. The summed E-state index contributed by atoms with van der Waals surface area (Å²) in [4.78, 5) is 30.1. The number of nitrogens with one attached hydrogen (secondary N) is 1. The number of halogens is 1. The number of carbonyl (C=O) groups excluding carboxylic acids is 2. The number of nitrogens with zero attached hydrogens (tertiary/aromatic N) is 2. The first-order valence-electron chi connectivity index (χ1n) is 10.4. The molecule has 0 saturated carbocycles. The summed E-state index contributed by atoms with van der Waals surface area (Å²) in [5, 5.41) is 3.75. The molecule has 162 valence electrons. The molecule has 0 bridgehead atoms. The highest BCUT2D eigenvalue weighted by Crippen LogP contribution is 2.34. The van der Waals surface area contributed by atoms with Crippen molar-refractivity contribution in [1.82, 2.24) is 0 Å². The molecule has 0 unspecified atom stereocenters. The van der Waals surface area contributed by atoms with Crippen molar-refractivity contribution in [2.75, 3.05) is 29.2 Å². The molecule has 1 aliphatic rings. The Kier molecular flexibility index (Phi) is 6.01. The monoisotopic (exact) mass is 445 g/mol. The predicted molar refractivity (Wildman–Crippen MR) is 131 cm³/mol. The van der Waals surface area contributed by atoms with Gasteiger partial charge in [0, 0.05) is 30.5 Å². The second kappa shape index (κ2) is 8.89. The summed E-state index contributed by atoms with van der Waals surface area (Å²) in [6.07, 6.45) is 0.881. The highest BCUT2D eigenvalue weighted by atomic mass is 35.5. The van der Waals surface area contributed by atoms with E-state index < -0.39 is 0 Å². The summed E-state index contributed by atoms with van der Waals surface area (Å²) < 4.78 is 0. The van der Waals surface area contributed by atoms with Crippen molar-refractivity contribution < 1.29 is 9.59 Å². The standard InChI is InChI=1S/C26H24ClN3O2/c1-4-17-5-13-22(14-6-17)30-25(31)23(18-7-9-19(27)10-8-18)24(26(30)32)28-20-11-15-21(16-12-20)29(2)3/h5-16,28H,4H2,1-3H3. The molecule has 3 aromatic carbocycles. The SMILES string of the molecule is CCc1ccc(N2C(=O)C(Nc3ccc(N(C)C)cc3)=C(c3ccc(Cl)cc3)C2=O)cc1. The number of amides is 2. The fourth-order valence-electron chi connectivity index (χ4n) is 3.63. The van der Waals surface area contributed by atoms with E-state index in [9.17, 15) is 9.59 Å². The largest absolute Gasteiger partial charge is 0.378 e. The van der Waals surface area contributed by atoms with Gasteiger partial charge >= 0.3 is 0 Å². The van der Waals surface area contributed by atoms with Crippen LogP contribution in [0.1, 0.15) is 18.1 Å². The Balaban J connectivity index is 1.76. The Morgan fingerprint density at radius 1 is 0.844 bits per heavy atom. The fraction of sp³-hybridized carbons (Fsp3) is 0.154. The fourth-order valence-corrected chi connectivity index (χ4v) is 3.76. The number of rotatable bonds is 6. The van der Waals surface area contributed by atoms with Crippen LogP contribution in [0.15, 0.2) is 78.5 Å². The van der Waals surface area contributed by atoms with E-state index in [0.29, 0.717) is 21.8 Å². The van der Waals surface area contributed by atoms with E-state index in [1.807, 2.05) is 67.5 Å². The molecule has 0 saturated heterocycles. The third kappa shape index (κ3) is 4.12. The molecule has 0 aliphatic carbocycles. The van der Waals surface area contributed by atoms with E-state index in [1.165, 1.54) is 4.90 Å². The van der Waals surface area contributed by atoms with Gasteiger partial charge in [-0.15, -0.1) is 0 Å². The first kappa shape index (κ1) is 21.7. The maximum atomic E-state index is 13.5. The topological polar surface area (TPSA) is 52.7 Å². The third-order valence-corrected chi connectivity index (χ3v) is 5.72. The highest BCUT2D eigenvalue weighted by Gasteiger charge is 2.40. The minimum atomic E-state index is -0.388. The number of hydrogen-bond acceptors (Lipinski definition) is 4. The molecule has 0 aromatic heterocycles. The number of benzene rings is 3. The Bertz CT molecular complexity index is 1180. The summed E-state index contributed by atoms with van der Waals surface area (Å²) in [5.74, 6) is -0.755. The normalized spacial score (nSPS) is 13.7. The molecular weight excluding hydrogens is 422 g/mol. The number of anilines is 3. The van der Waals surface area contributed by atoms with Crippen molar-refractivity contribution in [3.05, 3.63) is 94.6 Å². The minimum Gasteiger partial charge on any atom is -0.378 e. The van der Waals surface area contributed by atoms with Gasteiger partial charge in [0.25, 0.3) is 11.8 Å². The van der Waals surface area contributed by atoms with E-state index in [0.717, 1.165) is 23.4 Å². The summed E-state index contributed by atoms with van der Waals surface area (Å²) in [7, 11) is 3.93. The molecule has 32 heavy (non-hydrogen) atoms. The van der Waals surface area contributed by atoms with Crippen LogP contribution in [0, 0.1) is 0 Å². The van der Waals surface area contributed by atoms with Crippen LogP contribution in [-0.2, 0) is 16.0 Å². The number of imide groups is 1. The number of carbonyl (C=O) groups is 2. The van der Waals surface area contributed by atoms with Gasteiger partial charge in [-0.25, -0.2) is 4.90 Å². The number of aryl methyl sites for hydroxylation is 1. The molecule has 1 heterocycles. The quantitative estimate of drug-likeness (QED) is 0.518. The van der Waals surface area contributed by atoms with Gasteiger partial charge in [0.05, 0.1) is 11.3 Å². The van der Waals surface area contributed by atoms with Crippen LogP contribution in [-0.4, -0.2) is 25.9 Å². The molecule has 0 atom stereocenters. The molecular formula is C26H24ClN3O2. The van der Waals surface area contributed by atoms with E-state index in [4.69, 9.17) is 11.6 Å². The molecule has 3 aromatic rings. The summed E-state index contributed by atoms with van der Waals surface area (Å²) in [6, 6.07) is 22.1. The Hall–Kier alpha value is -3.57. The lowest BCUT2D eigenvalue weighted by Gasteiger charge is -2.16. The minimum absolute atomic E-state index is 0.245. The smallest absolute Gasteiger partial charge is 0.282 e. The van der Waals surface area contributed by atoms with Crippen molar-refractivity contribution in [3.63, 3.8) is 0 Å². The Labute approximate surface area is 192 Å². The van der Waals surface area contributed by atoms with Crippen LogP contribution in [0.5, 0.6) is 0 Å². The maximum Gasteiger partial charge on any atom is 0.282 e. The van der Waals surface area contributed by atoms with Crippen molar-refractivity contribution in [2.45, 2.75) is 13.3 Å². The zero-order valence-corrected chi connectivity index (χ0v) is 19.0. The molecule has 1 N–H and O–H groups in total. The van der Waals surface area contributed by atoms with Crippen molar-refractivity contribution in [2.24, 2.45) is 0 Å². The van der Waals surface area contributed by atoms with Crippen LogP contribution in [0.3, 0.4) is 0 Å². The predicted octanol–water partition coefficient (Wildman–Crippen LogP) is 5.37. The molecule has 0 radical (unpaired) electrons. The number of hydrogen-bond donors (Lipinski definition) is 1. The van der Waals surface area contributed by atoms with Crippen LogP contribution in [0.4, 0.5) is 17.1 Å². The van der Waals surface area contributed by atoms with Crippen LogP contribution < -0.4 is 15.1 Å². The maximum absolute atomic E-state index is 13.5. The molecule has 0 spiro atoms. The lowest BCUT2D eigenvalue weighted by molar-refractivity contribution is -0.120. The van der Waals surface area contributed by atoms with Gasteiger partial charge in [-0.1, -0.05) is 42.8 Å². The zero-order valence-electron chi connectivity index (χ0n) is 18.2. The second-order valence-electron chi connectivity index (χ2n) is 7.79. The molecule has 2 amide bonds. The summed E-state index contributed by atoms with van der Waals surface area (Å²) >= 11 is 6.05. The third-order valence-electron chi connectivity index (χ3n) is 5.47. The van der Waals surface area contributed by atoms with Crippen molar-refractivity contribution in [3.8, 4) is 0 Å². The average Bonchev–Trinajstić information content (AvgIpc) is 3.04. The average molecular weight is 446 g/mol.